The topological polar surface area (TPSA) is 51.6 Å². The van der Waals surface area contributed by atoms with E-state index in [0.717, 1.165) is 13.0 Å². The minimum atomic E-state index is -0.553. The van der Waals surface area contributed by atoms with Gasteiger partial charge in [0.15, 0.2) is 0 Å². The lowest BCUT2D eigenvalue weighted by molar-refractivity contribution is 0.0880. The maximum absolute atomic E-state index is 10.0. The lowest BCUT2D eigenvalue weighted by Crippen LogP contribution is -2.13. The van der Waals surface area contributed by atoms with E-state index in [2.05, 4.69) is 4.98 Å². The Hall–Kier alpha value is -1.13. The second-order valence-corrected chi connectivity index (χ2v) is 3.67. The van der Waals surface area contributed by atoms with Crippen molar-refractivity contribution in [3.05, 3.63) is 23.9 Å². The van der Waals surface area contributed by atoms with Gasteiger partial charge in [-0.1, -0.05) is 6.07 Å². The van der Waals surface area contributed by atoms with Gasteiger partial charge in [0.1, 0.15) is 6.10 Å². The molecule has 1 saturated heterocycles. The summed E-state index contributed by atoms with van der Waals surface area (Å²) in [7, 11) is 1.57. The predicted octanol–water partition coefficient (Wildman–Crippen LogP) is 1.16. The number of ether oxygens (including phenoxy) is 2. The number of aliphatic hydroxyl groups excluding tert-OH is 1. The normalized spacial score (nSPS) is 22.7. The molecule has 1 aromatic heterocycles. The molecular weight excluding hydrogens is 194 g/mol. The molecule has 1 fully saturated rings. The molecule has 1 aromatic rings. The fraction of sp³-hybridized carbons (Fsp3) is 0.545. The Labute approximate surface area is 88.9 Å². The fourth-order valence-corrected chi connectivity index (χ4v) is 1.75. The molecule has 2 rings (SSSR count). The van der Waals surface area contributed by atoms with Crippen LogP contribution in [-0.4, -0.2) is 30.4 Å². The van der Waals surface area contributed by atoms with Crippen LogP contribution in [-0.2, 0) is 4.74 Å². The smallest absolute Gasteiger partial charge is 0.213 e. The molecule has 4 heteroatoms. The van der Waals surface area contributed by atoms with Crippen molar-refractivity contribution in [2.45, 2.75) is 12.5 Å². The minimum absolute atomic E-state index is 0.157. The fourth-order valence-electron chi connectivity index (χ4n) is 1.75. The molecule has 0 bridgehead atoms. The quantitative estimate of drug-likeness (QED) is 0.811. The first-order valence-corrected chi connectivity index (χ1v) is 5.08. The lowest BCUT2D eigenvalue weighted by atomic mass is 9.99. The Morgan fingerprint density at radius 2 is 2.47 bits per heavy atom. The average Bonchev–Trinajstić information content (AvgIpc) is 2.81. The highest BCUT2D eigenvalue weighted by Gasteiger charge is 2.26. The number of aliphatic hydroxyl groups is 1. The van der Waals surface area contributed by atoms with Crippen LogP contribution in [0.15, 0.2) is 18.2 Å². The van der Waals surface area contributed by atoms with Crippen molar-refractivity contribution >= 4 is 0 Å². The van der Waals surface area contributed by atoms with Gasteiger partial charge in [-0.05, 0) is 12.5 Å². The molecule has 1 aliphatic heterocycles. The van der Waals surface area contributed by atoms with Crippen molar-refractivity contribution in [3.8, 4) is 5.88 Å². The molecule has 1 aliphatic rings. The van der Waals surface area contributed by atoms with Gasteiger partial charge in [0.05, 0.1) is 19.4 Å². The monoisotopic (exact) mass is 209 g/mol. The van der Waals surface area contributed by atoms with Crippen molar-refractivity contribution in [1.29, 1.82) is 0 Å². The first kappa shape index (κ1) is 10.4. The summed E-state index contributed by atoms with van der Waals surface area (Å²) in [6.07, 6.45) is 0.336. The Morgan fingerprint density at radius 1 is 1.60 bits per heavy atom. The minimum Gasteiger partial charge on any atom is -0.481 e. The summed E-state index contributed by atoms with van der Waals surface area (Å²) in [5.41, 5.74) is 0.657. The van der Waals surface area contributed by atoms with E-state index in [1.807, 2.05) is 12.1 Å². The van der Waals surface area contributed by atoms with Gasteiger partial charge in [-0.3, -0.25) is 0 Å². The number of nitrogens with zero attached hydrogens (tertiary/aromatic N) is 1. The summed E-state index contributed by atoms with van der Waals surface area (Å²) in [6.45, 7) is 1.34. The molecule has 0 amide bonds. The summed E-state index contributed by atoms with van der Waals surface area (Å²) < 4.78 is 10.3. The Balaban J connectivity index is 2.13. The summed E-state index contributed by atoms with van der Waals surface area (Å²) in [6, 6.07) is 5.41. The van der Waals surface area contributed by atoms with Crippen LogP contribution in [0.1, 0.15) is 18.2 Å². The van der Waals surface area contributed by atoms with Crippen LogP contribution >= 0.6 is 0 Å². The van der Waals surface area contributed by atoms with Crippen molar-refractivity contribution < 1.29 is 14.6 Å². The van der Waals surface area contributed by atoms with Gasteiger partial charge in [0.25, 0.3) is 0 Å². The molecule has 0 aromatic carbocycles. The Kier molecular flexibility index (Phi) is 3.18. The summed E-state index contributed by atoms with van der Waals surface area (Å²) in [5, 5.41) is 10.0. The average molecular weight is 209 g/mol. The van der Waals surface area contributed by atoms with Crippen molar-refractivity contribution in [2.75, 3.05) is 20.3 Å². The predicted molar refractivity (Wildman–Crippen MR) is 54.7 cm³/mol. The molecule has 82 valence electrons. The zero-order valence-electron chi connectivity index (χ0n) is 8.72. The number of methoxy groups -OCH3 is 1. The van der Waals surface area contributed by atoms with E-state index in [-0.39, 0.29) is 5.92 Å². The van der Waals surface area contributed by atoms with Gasteiger partial charge < -0.3 is 14.6 Å². The van der Waals surface area contributed by atoms with Crippen LogP contribution < -0.4 is 4.74 Å². The van der Waals surface area contributed by atoms with Gasteiger partial charge in [-0.25, -0.2) is 4.98 Å². The molecule has 1 N–H and O–H groups in total. The zero-order chi connectivity index (χ0) is 10.7. The number of pyridine rings is 1. The molecule has 2 unspecified atom stereocenters. The van der Waals surface area contributed by atoms with E-state index < -0.39 is 6.10 Å². The second-order valence-electron chi connectivity index (χ2n) is 3.67. The Morgan fingerprint density at radius 3 is 3.13 bits per heavy atom. The highest BCUT2D eigenvalue weighted by Crippen LogP contribution is 2.28. The number of aromatic nitrogens is 1. The summed E-state index contributed by atoms with van der Waals surface area (Å²) >= 11 is 0. The van der Waals surface area contributed by atoms with Gasteiger partial charge in [-0.15, -0.1) is 0 Å². The summed E-state index contributed by atoms with van der Waals surface area (Å²) in [4.78, 5) is 4.21. The molecule has 15 heavy (non-hydrogen) atoms. The third kappa shape index (κ3) is 2.27. The van der Waals surface area contributed by atoms with Crippen LogP contribution in [0.4, 0.5) is 0 Å². The number of rotatable bonds is 3. The number of hydrogen-bond donors (Lipinski definition) is 1. The van der Waals surface area contributed by atoms with Crippen molar-refractivity contribution in [1.82, 2.24) is 4.98 Å². The van der Waals surface area contributed by atoms with Gasteiger partial charge >= 0.3 is 0 Å². The summed E-state index contributed by atoms with van der Waals surface area (Å²) in [5.74, 6) is 0.690. The van der Waals surface area contributed by atoms with Crippen LogP contribution in [0.25, 0.3) is 0 Å². The van der Waals surface area contributed by atoms with Gasteiger partial charge in [-0.2, -0.15) is 0 Å². The highest BCUT2D eigenvalue weighted by atomic mass is 16.5. The van der Waals surface area contributed by atoms with Crippen molar-refractivity contribution in [2.24, 2.45) is 5.92 Å². The zero-order valence-corrected chi connectivity index (χ0v) is 8.72. The largest absolute Gasteiger partial charge is 0.481 e. The van der Waals surface area contributed by atoms with Crippen LogP contribution in [0.5, 0.6) is 5.88 Å². The molecule has 4 nitrogen and oxygen atoms in total. The first-order chi connectivity index (χ1) is 7.31. The molecule has 2 atom stereocenters. The van der Waals surface area contributed by atoms with Crippen LogP contribution in [0.3, 0.4) is 0 Å². The van der Waals surface area contributed by atoms with Crippen LogP contribution in [0.2, 0.25) is 0 Å². The van der Waals surface area contributed by atoms with E-state index in [0.29, 0.717) is 18.2 Å². The third-order valence-corrected chi connectivity index (χ3v) is 2.67. The second kappa shape index (κ2) is 4.59. The molecule has 0 saturated carbocycles. The van der Waals surface area contributed by atoms with E-state index in [9.17, 15) is 5.11 Å². The molecule has 2 heterocycles. The molecule has 0 aliphatic carbocycles. The third-order valence-electron chi connectivity index (χ3n) is 2.67. The lowest BCUT2D eigenvalue weighted by Gasteiger charge is -2.16. The number of hydrogen-bond acceptors (Lipinski definition) is 4. The first-order valence-electron chi connectivity index (χ1n) is 5.08. The molecular formula is C11H15NO3. The molecule has 0 radical (unpaired) electrons. The van der Waals surface area contributed by atoms with Crippen LogP contribution in [0, 0.1) is 5.92 Å². The van der Waals surface area contributed by atoms with Gasteiger partial charge in [0, 0.05) is 18.6 Å². The van der Waals surface area contributed by atoms with E-state index >= 15 is 0 Å². The maximum Gasteiger partial charge on any atom is 0.213 e. The van der Waals surface area contributed by atoms with E-state index in [1.165, 1.54) is 0 Å². The van der Waals surface area contributed by atoms with E-state index in [4.69, 9.17) is 9.47 Å². The Bertz CT molecular complexity index is 323. The van der Waals surface area contributed by atoms with E-state index in [1.54, 1.807) is 13.2 Å². The molecule has 0 spiro atoms. The highest BCUT2D eigenvalue weighted by molar-refractivity contribution is 5.17. The van der Waals surface area contributed by atoms with Crippen molar-refractivity contribution in [3.63, 3.8) is 0 Å². The standard InChI is InChI=1S/C11H15NO3/c1-14-10-4-2-3-9(12-10)11(13)8-5-6-15-7-8/h2-4,8,11,13H,5-7H2,1H3. The SMILES string of the molecule is COc1cccc(C(O)C2CCOC2)n1. The maximum atomic E-state index is 10.0. The van der Waals surface area contributed by atoms with Gasteiger partial charge in [0.2, 0.25) is 5.88 Å².